The maximum atomic E-state index is 13.1. The summed E-state index contributed by atoms with van der Waals surface area (Å²) in [5.74, 6) is 1.35. The molecule has 6 heteroatoms. The van der Waals surface area contributed by atoms with E-state index >= 15 is 0 Å². The molecule has 1 aromatic rings. The van der Waals surface area contributed by atoms with Crippen LogP contribution in [0.2, 0.25) is 0 Å². The fourth-order valence-electron chi connectivity index (χ4n) is 4.27. The Labute approximate surface area is 135 Å². The number of aliphatic imine (C=N–C) groups is 1. The van der Waals surface area contributed by atoms with E-state index in [1.807, 2.05) is 12.1 Å². The van der Waals surface area contributed by atoms with E-state index in [4.69, 9.17) is 15.2 Å². The molecule has 3 unspecified atom stereocenters. The first kappa shape index (κ1) is 14.5. The molecule has 23 heavy (non-hydrogen) atoms. The number of carbonyl (C=O) groups excluding carboxylic acids is 1. The summed E-state index contributed by atoms with van der Waals surface area (Å²) >= 11 is 0. The predicted molar refractivity (Wildman–Crippen MR) is 85.2 cm³/mol. The maximum absolute atomic E-state index is 13.1. The number of amides is 1. The SMILES string of the molecule is COc1ccc2c(c1)C1(N=C(N)N(C)C1=O)C1COCCC1C2. The lowest BCUT2D eigenvalue weighted by atomic mass is 9.62. The van der Waals surface area contributed by atoms with Crippen LogP contribution >= 0.6 is 0 Å². The number of hydrogen-bond donors (Lipinski definition) is 1. The molecule has 0 aromatic heterocycles. The third-order valence-electron chi connectivity index (χ3n) is 5.51. The number of likely N-dealkylation sites (N-methyl/N-ethyl adjacent to an activating group) is 1. The molecule has 2 N–H and O–H groups in total. The standard InChI is InChI=1S/C17H21N3O3/c1-20-15(21)17(19-16(20)18)13-8-12(22-2)4-3-10(13)7-11-5-6-23-9-14(11)17/h3-4,8,11,14H,5-7,9H2,1-2H3,(H2,18,19). The zero-order valence-corrected chi connectivity index (χ0v) is 13.4. The number of methoxy groups -OCH3 is 1. The monoisotopic (exact) mass is 315 g/mol. The molecule has 1 fully saturated rings. The van der Waals surface area contributed by atoms with Crippen LogP contribution in [0.25, 0.3) is 0 Å². The zero-order chi connectivity index (χ0) is 16.2. The van der Waals surface area contributed by atoms with Gasteiger partial charge in [0, 0.05) is 19.6 Å². The summed E-state index contributed by atoms with van der Waals surface area (Å²) in [6.45, 7) is 1.28. The van der Waals surface area contributed by atoms with Gasteiger partial charge >= 0.3 is 0 Å². The van der Waals surface area contributed by atoms with Gasteiger partial charge in [0.05, 0.1) is 13.7 Å². The summed E-state index contributed by atoms with van der Waals surface area (Å²) in [5, 5.41) is 0. The highest BCUT2D eigenvalue weighted by Crippen LogP contribution is 2.51. The molecule has 1 saturated heterocycles. The molecular weight excluding hydrogens is 294 g/mol. The molecule has 3 atom stereocenters. The highest BCUT2D eigenvalue weighted by molar-refractivity contribution is 6.07. The molecule has 1 amide bonds. The minimum atomic E-state index is -0.966. The molecular formula is C17H21N3O3. The van der Waals surface area contributed by atoms with E-state index < -0.39 is 5.54 Å². The Morgan fingerprint density at radius 3 is 3.00 bits per heavy atom. The van der Waals surface area contributed by atoms with Gasteiger partial charge in [-0.3, -0.25) is 9.69 Å². The molecule has 122 valence electrons. The number of benzene rings is 1. The average molecular weight is 315 g/mol. The fraction of sp³-hybridized carbons (Fsp3) is 0.529. The molecule has 1 spiro atoms. The quantitative estimate of drug-likeness (QED) is 0.835. The van der Waals surface area contributed by atoms with Crippen LogP contribution in [0.3, 0.4) is 0 Å². The normalized spacial score (nSPS) is 32.5. The van der Waals surface area contributed by atoms with Gasteiger partial charge in [-0.2, -0.15) is 0 Å². The van der Waals surface area contributed by atoms with Gasteiger partial charge in [-0.25, -0.2) is 4.99 Å². The van der Waals surface area contributed by atoms with Crippen molar-refractivity contribution in [3.8, 4) is 5.75 Å². The van der Waals surface area contributed by atoms with Gasteiger partial charge in [-0.15, -0.1) is 0 Å². The number of carbonyl (C=O) groups is 1. The summed E-state index contributed by atoms with van der Waals surface area (Å²) < 4.78 is 11.1. The van der Waals surface area contributed by atoms with Crippen molar-refractivity contribution in [1.29, 1.82) is 0 Å². The van der Waals surface area contributed by atoms with Crippen LogP contribution in [-0.2, 0) is 21.5 Å². The molecule has 2 aliphatic heterocycles. The van der Waals surface area contributed by atoms with Crippen molar-refractivity contribution >= 4 is 11.9 Å². The van der Waals surface area contributed by atoms with Crippen LogP contribution in [-0.4, -0.2) is 44.1 Å². The van der Waals surface area contributed by atoms with Crippen LogP contribution in [0, 0.1) is 11.8 Å². The van der Waals surface area contributed by atoms with Gasteiger partial charge in [0.25, 0.3) is 5.91 Å². The van der Waals surface area contributed by atoms with E-state index in [-0.39, 0.29) is 17.8 Å². The third-order valence-corrected chi connectivity index (χ3v) is 5.51. The highest BCUT2D eigenvalue weighted by Gasteiger charge is 2.59. The first-order valence-electron chi connectivity index (χ1n) is 7.96. The Kier molecular flexibility index (Phi) is 3.13. The van der Waals surface area contributed by atoms with Crippen molar-refractivity contribution < 1.29 is 14.3 Å². The van der Waals surface area contributed by atoms with Crippen molar-refractivity contribution in [3.05, 3.63) is 29.3 Å². The molecule has 4 rings (SSSR count). The lowest BCUT2D eigenvalue weighted by molar-refractivity contribution is -0.137. The van der Waals surface area contributed by atoms with Gasteiger partial charge in [0.1, 0.15) is 5.75 Å². The Morgan fingerprint density at radius 1 is 1.48 bits per heavy atom. The smallest absolute Gasteiger partial charge is 0.262 e. The molecule has 1 aliphatic carbocycles. The van der Waals surface area contributed by atoms with Crippen LogP contribution in [0.1, 0.15) is 17.5 Å². The van der Waals surface area contributed by atoms with E-state index in [2.05, 4.69) is 11.1 Å². The Hall–Kier alpha value is -2.08. The second-order valence-corrected chi connectivity index (χ2v) is 6.56. The number of nitrogens with zero attached hydrogens (tertiary/aromatic N) is 2. The molecule has 3 aliphatic rings. The fourth-order valence-corrected chi connectivity index (χ4v) is 4.27. The van der Waals surface area contributed by atoms with E-state index in [9.17, 15) is 4.79 Å². The van der Waals surface area contributed by atoms with E-state index in [1.54, 1.807) is 14.2 Å². The van der Waals surface area contributed by atoms with Crippen molar-refractivity contribution in [1.82, 2.24) is 4.90 Å². The zero-order valence-electron chi connectivity index (χ0n) is 13.4. The Bertz CT molecular complexity index is 702. The van der Waals surface area contributed by atoms with Crippen molar-refractivity contribution in [3.63, 3.8) is 0 Å². The molecule has 0 saturated carbocycles. The van der Waals surface area contributed by atoms with Gasteiger partial charge in [0.15, 0.2) is 11.5 Å². The lowest BCUT2D eigenvalue weighted by Gasteiger charge is -2.46. The summed E-state index contributed by atoms with van der Waals surface area (Å²) in [6, 6.07) is 5.94. The minimum Gasteiger partial charge on any atom is -0.497 e. The average Bonchev–Trinajstić information content (AvgIpc) is 2.80. The largest absolute Gasteiger partial charge is 0.497 e. The summed E-state index contributed by atoms with van der Waals surface area (Å²) in [6.07, 6.45) is 1.89. The number of guanidine groups is 1. The highest BCUT2D eigenvalue weighted by atomic mass is 16.5. The summed E-state index contributed by atoms with van der Waals surface area (Å²) in [4.78, 5) is 19.3. The topological polar surface area (TPSA) is 77.2 Å². The number of ether oxygens (including phenoxy) is 2. The van der Waals surface area contributed by atoms with Crippen molar-refractivity contribution in [2.75, 3.05) is 27.4 Å². The van der Waals surface area contributed by atoms with Gasteiger partial charge in [-0.1, -0.05) is 6.07 Å². The van der Waals surface area contributed by atoms with Gasteiger partial charge < -0.3 is 15.2 Å². The minimum absolute atomic E-state index is 0.0202. The molecule has 2 heterocycles. The van der Waals surface area contributed by atoms with Crippen LogP contribution in [0.4, 0.5) is 0 Å². The first-order valence-corrected chi connectivity index (χ1v) is 7.96. The van der Waals surface area contributed by atoms with Crippen molar-refractivity contribution in [2.24, 2.45) is 22.6 Å². The number of nitrogens with two attached hydrogens (primary N) is 1. The number of hydrogen-bond acceptors (Lipinski definition) is 5. The Morgan fingerprint density at radius 2 is 2.30 bits per heavy atom. The second-order valence-electron chi connectivity index (χ2n) is 6.56. The van der Waals surface area contributed by atoms with Crippen LogP contribution in [0.5, 0.6) is 5.75 Å². The van der Waals surface area contributed by atoms with E-state index in [1.165, 1.54) is 4.90 Å². The second kappa shape index (κ2) is 4.96. The van der Waals surface area contributed by atoms with Crippen molar-refractivity contribution in [2.45, 2.75) is 18.4 Å². The van der Waals surface area contributed by atoms with E-state index in [0.717, 1.165) is 36.3 Å². The molecule has 0 radical (unpaired) electrons. The first-order chi connectivity index (χ1) is 11.1. The molecule has 0 bridgehead atoms. The van der Waals surface area contributed by atoms with Gasteiger partial charge in [0.2, 0.25) is 0 Å². The van der Waals surface area contributed by atoms with Crippen LogP contribution < -0.4 is 10.5 Å². The molecule has 6 nitrogen and oxygen atoms in total. The molecule has 1 aromatic carbocycles. The lowest BCUT2D eigenvalue weighted by Crippen LogP contribution is -2.53. The maximum Gasteiger partial charge on any atom is 0.262 e. The number of rotatable bonds is 1. The number of fused-ring (bicyclic) bond motifs is 4. The predicted octanol–water partition coefficient (Wildman–Crippen LogP) is 0.886. The van der Waals surface area contributed by atoms with Gasteiger partial charge in [-0.05, 0) is 42.0 Å². The summed E-state index contributed by atoms with van der Waals surface area (Å²) in [7, 11) is 3.31. The van der Waals surface area contributed by atoms with Crippen LogP contribution in [0.15, 0.2) is 23.2 Å². The van der Waals surface area contributed by atoms with E-state index in [0.29, 0.717) is 12.5 Å². The third kappa shape index (κ3) is 1.84. The Balaban J connectivity index is 1.96. The summed E-state index contributed by atoms with van der Waals surface area (Å²) in [5.41, 5.74) is 7.12.